The number of ether oxygens (including phenoxy) is 1. The van der Waals surface area contributed by atoms with Crippen LogP contribution in [0.15, 0.2) is 50.2 Å². The van der Waals surface area contributed by atoms with Gasteiger partial charge in [0.15, 0.2) is 5.58 Å². The van der Waals surface area contributed by atoms with E-state index in [0.29, 0.717) is 16.0 Å². The summed E-state index contributed by atoms with van der Waals surface area (Å²) in [5, 5.41) is 0. The fourth-order valence-corrected chi connectivity index (χ4v) is 2.12. The highest BCUT2D eigenvalue weighted by Crippen LogP contribution is 2.23. The third-order valence-electron chi connectivity index (χ3n) is 2.23. The van der Waals surface area contributed by atoms with Crippen molar-refractivity contribution in [2.75, 3.05) is 0 Å². The van der Waals surface area contributed by atoms with Crippen molar-refractivity contribution in [2.24, 2.45) is 0 Å². The summed E-state index contributed by atoms with van der Waals surface area (Å²) in [6.07, 6.45) is 1.39. The van der Waals surface area contributed by atoms with Gasteiger partial charge < -0.3 is 13.6 Å². The summed E-state index contributed by atoms with van der Waals surface area (Å²) in [6, 6.07) is 7.85. The Labute approximate surface area is 104 Å². The molecule has 0 aliphatic rings. The molecule has 0 amide bonds. The number of rotatable bonds is 2. The second-order valence-corrected chi connectivity index (χ2v) is 4.41. The third kappa shape index (κ3) is 1.93. The van der Waals surface area contributed by atoms with Gasteiger partial charge in [-0.25, -0.2) is 9.59 Å². The summed E-state index contributed by atoms with van der Waals surface area (Å²) in [5.41, 5.74) is 0.398. The van der Waals surface area contributed by atoms with Gasteiger partial charge in [0, 0.05) is 6.07 Å². The highest BCUT2D eigenvalue weighted by atomic mass is 32.1. The molecule has 6 heteroatoms. The van der Waals surface area contributed by atoms with Crippen LogP contribution in [0, 0.1) is 0 Å². The van der Waals surface area contributed by atoms with Gasteiger partial charge in [-0.3, -0.25) is 0 Å². The number of esters is 1. The first-order valence-corrected chi connectivity index (χ1v) is 5.83. The Balaban J connectivity index is 1.91. The van der Waals surface area contributed by atoms with Crippen LogP contribution in [-0.4, -0.2) is 5.97 Å². The topological polar surface area (TPSA) is 69.7 Å². The summed E-state index contributed by atoms with van der Waals surface area (Å²) in [6.45, 7) is 0. The minimum atomic E-state index is -0.600. The molecule has 0 atom stereocenters. The van der Waals surface area contributed by atoms with E-state index in [0.717, 1.165) is 11.3 Å². The lowest BCUT2D eigenvalue weighted by atomic mass is 10.3. The first-order valence-electron chi connectivity index (χ1n) is 5.02. The number of carbonyl (C=O) groups excluding carboxylic acids is 1. The largest absolute Gasteiger partial charge is 0.457 e. The van der Waals surface area contributed by atoms with Gasteiger partial charge in [-0.15, -0.1) is 0 Å². The minimum absolute atomic E-state index is 0.113. The van der Waals surface area contributed by atoms with E-state index in [4.69, 9.17) is 13.6 Å². The second-order valence-electron chi connectivity index (χ2n) is 3.43. The molecule has 5 nitrogen and oxygen atoms in total. The van der Waals surface area contributed by atoms with Crippen molar-refractivity contribution in [1.82, 2.24) is 0 Å². The Morgan fingerprint density at radius 1 is 1.28 bits per heavy atom. The van der Waals surface area contributed by atoms with Crippen molar-refractivity contribution in [2.45, 2.75) is 0 Å². The predicted molar refractivity (Wildman–Crippen MR) is 64.0 cm³/mol. The molecule has 2 aromatic heterocycles. The van der Waals surface area contributed by atoms with Crippen LogP contribution in [0.25, 0.3) is 10.3 Å². The highest BCUT2D eigenvalue weighted by molar-refractivity contribution is 7.16. The molecule has 3 rings (SSSR count). The summed E-state index contributed by atoms with van der Waals surface area (Å²) >= 11 is 0.996. The van der Waals surface area contributed by atoms with Crippen LogP contribution in [0.2, 0.25) is 0 Å². The van der Waals surface area contributed by atoms with Gasteiger partial charge in [0.2, 0.25) is 5.76 Å². The molecule has 0 spiro atoms. The Hall–Kier alpha value is -2.34. The smallest absolute Gasteiger partial charge is 0.396 e. The molecule has 1 aromatic carbocycles. The van der Waals surface area contributed by atoms with Gasteiger partial charge >= 0.3 is 10.9 Å². The van der Waals surface area contributed by atoms with Crippen molar-refractivity contribution in [3.05, 3.63) is 52.1 Å². The number of fused-ring (bicyclic) bond motifs is 1. The van der Waals surface area contributed by atoms with E-state index in [1.54, 1.807) is 18.2 Å². The van der Waals surface area contributed by atoms with Crippen LogP contribution >= 0.6 is 11.3 Å². The minimum Gasteiger partial charge on any atom is -0.457 e. The van der Waals surface area contributed by atoms with E-state index in [1.165, 1.54) is 18.4 Å². The van der Waals surface area contributed by atoms with Crippen molar-refractivity contribution < 1.29 is 18.4 Å². The molecule has 0 saturated carbocycles. The van der Waals surface area contributed by atoms with E-state index >= 15 is 0 Å². The zero-order chi connectivity index (χ0) is 12.5. The van der Waals surface area contributed by atoms with Crippen molar-refractivity contribution in [1.29, 1.82) is 0 Å². The van der Waals surface area contributed by atoms with Gasteiger partial charge in [-0.2, -0.15) is 0 Å². The number of benzene rings is 1. The summed E-state index contributed by atoms with van der Waals surface area (Å²) in [5.74, 6) is -0.191. The molecule has 0 N–H and O–H groups in total. The van der Waals surface area contributed by atoms with Crippen LogP contribution in [0.3, 0.4) is 0 Å². The van der Waals surface area contributed by atoms with Crippen LogP contribution < -0.4 is 9.68 Å². The van der Waals surface area contributed by atoms with Gasteiger partial charge in [0.05, 0.1) is 11.0 Å². The Morgan fingerprint density at radius 3 is 2.94 bits per heavy atom. The van der Waals surface area contributed by atoms with Gasteiger partial charge in [0.25, 0.3) is 0 Å². The molecule has 18 heavy (non-hydrogen) atoms. The SMILES string of the molecule is O=C(Oc1ccc2sc(=O)oc2c1)c1ccco1. The number of hydrogen-bond acceptors (Lipinski definition) is 6. The van der Waals surface area contributed by atoms with Crippen molar-refractivity contribution >= 4 is 27.6 Å². The van der Waals surface area contributed by atoms with Gasteiger partial charge in [-0.05, 0) is 24.3 Å². The van der Waals surface area contributed by atoms with Crippen molar-refractivity contribution in [3.8, 4) is 5.75 Å². The normalized spacial score (nSPS) is 10.7. The van der Waals surface area contributed by atoms with E-state index in [-0.39, 0.29) is 10.7 Å². The molecule has 0 saturated heterocycles. The van der Waals surface area contributed by atoms with E-state index in [2.05, 4.69) is 0 Å². The third-order valence-corrected chi connectivity index (χ3v) is 3.04. The summed E-state index contributed by atoms with van der Waals surface area (Å²) < 4.78 is 15.6. The lowest BCUT2D eigenvalue weighted by molar-refractivity contribution is 0.0701. The van der Waals surface area contributed by atoms with Gasteiger partial charge in [-0.1, -0.05) is 11.3 Å². The average Bonchev–Trinajstić information content (AvgIpc) is 2.95. The van der Waals surface area contributed by atoms with E-state index in [1.807, 2.05) is 0 Å². The maximum Gasteiger partial charge on any atom is 0.396 e. The Kier molecular flexibility index (Phi) is 2.49. The number of hydrogen-bond donors (Lipinski definition) is 0. The monoisotopic (exact) mass is 262 g/mol. The van der Waals surface area contributed by atoms with Crippen LogP contribution in [0.1, 0.15) is 10.6 Å². The quantitative estimate of drug-likeness (QED) is 0.524. The standard InChI is InChI=1S/C12H6O5S/c13-11(8-2-1-5-15-8)16-7-3-4-10-9(6-7)17-12(14)18-10/h1-6H. The zero-order valence-corrected chi connectivity index (χ0v) is 9.73. The lowest BCUT2D eigenvalue weighted by Crippen LogP contribution is -2.06. The molecule has 0 bridgehead atoms. The maximum atomic E-state index is 11.6. The lowest BCUT2D eigenvalue weighted by Gasteiger charge is -2.01. The fourth-order valence-electron chi connectivity index (χ4n) is 1.47. The summed E-state index contributed by atoms with van der Waals surface area (Å²) in [4.78, 5) is 22.3. The Morgan fingerprint density at radius 2 is 2.17 bits per heavy atom. The first-order chi connectivity index (χ1) is 8.72. The van der Waals surface area contributed by atoms with Gasteiger partial charge in [0.1, 0.15) is 5.75 Å². The van der Waals surface area contributed by atoms with Crippen LogP contribution in [0.4, 0.5) is 0 Å². The molecule has 0 unspecified atom stereocenters. The van der Waals surface area contributed by atoms with Crippen LogP contribution in [-0.2, 0) is 0 Å². The number of furan rings is 1. The second kappa shape index (κ2) is 4.15. The molecule has 0 aliphatic heterocycles. The number of carbonyl (C=O) groups is 1. The van der Waals surface area contributed by atoms with E-state index < -0.39 is 5.97 Å². The molecular formula is C12H6O5S. The maximum absolute atomic E-state index is 11.6. The fraction of sp³-hybridized carbons (Fsp3) is 0. The molecule has 90 valence electrons. The van der Waals surface area contributed by atoms with E-state index in [9.17, 15) is 9.59 Å². The summed E-state index contributed by atoms with van der Waals surface area (Å²) in [7, 11) is 0. The highest BCUT2D eigenvalue weighted by Gasteiger charge is 2.12. The predicted octanol–water partition coefficient (Wildman–Crippen LogP) is 2.67. The zero-order valence-electron chi connectivity index (χ0n) is 8.91. The molecule has 0 aliphatic carbocycles. The molecule has 0 radical (unpaired) electrons. The molecule has 2 heterocycles. The average molecular weight is 262 g/mol. The molecule has 0 fully saturated rings. The molecule has 3 aromatic rings. The first kappa shape index (κ1) is 10.8. The van der Waals surface area contributed by atoms with Crippen molar-refractivity contribution in [3.63, 3.8) is 0 Å². The Bertz CT molecular complexity index is 750. The van der Waals surface area contributed by atoms with Crippen LogP contribution in [0.5, 0.6) is 5.75 Å². The molecular weight excluding hydrogens is 256 g/mol.